The lowest BCUT2D eigenvalue weighted by molar-refractivity contribution is -0.832. The standard InChI is InChI=1S/C15H18N2O8S/c18-13(19)8-4-9-23-10-5-11-24-14-15(17(20)25-16-14)26(21,22)12-6-2-1-3-7-12/h1-3,6-7H,4-5,8-11H2,(H,18,19). The molecule has 1 aromatic heterocycles. The smallest absolute Gasteiger partial charge is 0.414 e. The molecule has 10 nitrogen and oxygen atoms in total. The van der Waals surface area contributed by atoms with Gasteiger partial charge in [-0.2, -0.15) is 0 Å². The van der Waals surface area contributed by atoms with Crippen molar-refractivity contribution in [2.45, 2.75) is 29.2 Å². The van der Waals surface area contributed by atoms with Crippen molar-refractivity contribution >= 4 is 15.8 Å². The number of aromatic nitrogens is 2. The van der Waals surface area contributed by atoms with E-state index >= 15 is 0 Å². The van der Waals surface area contributed by atoms with Crippen LogP contribution < -0.4 is 9.64 Å². The minimum Gasteiger partial charge on any atom is -0.481 e. The van der Waals surface area contributed by atoms with E-state index in [1.165, 1.54) is 24.3 Å². The minimum absolute atomic E-state index is 0.0274. The predicted molar refractivity (Wildman–Crippen MR) is 85.2 cm³/mol. The highest BCUT2D eigenvalue weighted by Crippen LogP contribution is 2.24. The molecule has 0 atom stereocenters. The molecule has 1 heterocycles. The predicted octanol–water partition coefficient (Wildman–Crippen LogP) is 0.791. The highest BCUT2D eigenvalue weighted by Gasteiger charge is 2.35. The van der Waals surface area contributed by atoms with E-state index in [-0.39, 0.29) is 29.4 Å². The first-order valence-electron chi connectivity index (χ1n) is 7.75. The zero-order valence-electron chi connectivity index (χ0n) is 13.7. The Hall–Kier alpha value is -2.66. The van der Waals surface area contributed by atoms with E-state index in [1.807, 2.05) is 0 Å². The highest BCUT2D eigenvalue weighted by atomic mass is 32.2. The summed E-state index contributed by atoms with van der Waals surface area (Å²) in [7, 11) is -4.14. The van der Waals surface area contributed by atoms with Crippen LogP contribution in [0.1, 0.15) is 19.3 Å². The molecule has 11 heteroatoms. The highest BCUT2D eigenvalue weighted by molar-refractivity contribution is 7.91. The maximum Gasteiger partial charge on any atom is 0.414 e. The van der Waals surface area contributed by atoms with Gasteiger partial charge in [0.25, 0.3) is 9.84 Å². The molecular weight excluding hydrogens is 368 g/mol. The van der Waals surface area contributed by atoms with Crippen molar-refractivity contribution in [3.63, 3.8) is 0 Å². The van der Waals surface area contributed by atoms with Crippen LogP contribution in [0.4, 0.5) is 0 Å². The average molecular weight is 386 g/mol. The number of carboxylic acid groups (broad SMARTS) is 1. The fourth-order valence-electron chi connectivity index (χ4n) is 2.00. The molecule has 0 saturated heterocycles. The first-order chi connectivity index (χ1) is 12.4. The fraction of sp³-hybridized carbons (Fsp3) is 0.400. The summed E-state index contributed by atoms with van der Waals surface area (Å²) in [4.78, 5) is 10.0. The maximum absolute atomic E-state index is 12.5. The van der Waals surface area contributed by atoms with E-state index in [1.54, 1.807) is 6.07 Å². The Morgan fingerprint density at radius 1 is 1.19 bits per heavy atom. The molecule has 2 aromatic rings. The lowest BCUT2D eigenvalue weighted by Gasteiger charge is -2.04. The second-order valence-electron chi connectivity index (χ2n) is 5.17. The summed E-state index contributed by atoms with van der Waals surface area (Å²) >= 11 is 0. The monoisotopic (exact) mass is 386 g/mol. The molecule has 0 saturated carbocycles. The summed E-state index contributed by atoms with van der Waals surface area (Å²) in [6.07, 6.45) is 0.818. The van der Waals surface area contributed by atoms with Gasteiger partial charge in [-0.05, 0) is 23.5 Å². The van der Waals surface area contributed by atoms with Gasteiger partial charge in [0.05, 0.1) is 16.7 Å². The van der Waals surface area contributed by atoms with Crippen LogP contribution in [-0.4, -0.2) is 44.5 Å². The largest absolute Gasteiger partial charge is 0.481 e. The van der Waals surface area contributed by atoms with Crippen molar-refractivity contribution in [2.75, 3.05) is 19.8 Å². The number of hydrogen-bond donors (Lipinski definition) is 1. The third-order valence-corrected chi connectivity index (χ3v) is 4.93. The molecule has 0 bridgehead atoms. The van der Waals surface area contributed by atoms with Crippen molar-refractivity contribution in [1.82, 2.24) is 5.16 Å². The molecule has 0 aliphatic rings. The molecule has 1 aromatic carbocycles. The topological polar surface area (TPSA) is 143 Å². The summed E-state index contributed by atoms with van der Waals surface area (Å²) in [5.74, 6) is -1.31. The van der Waals surface area contributed by atoms with Crippen molar-refractivity contribution in [2.24, 2.45) is 0 Å². The number of hydrogen-bond acceptors (Lipinski definition) is 8. The maximum atomic E-state index is 12.5. The van der Waals surface area contributed by atoms with Gasteiger partial charge in [0.2, 0.25) is 0 Å². The Morgan fingerprint density at radius 2 is 1.88 bits per heavy atom. The van der Waals surface area contributed by atoms with Gasteiger partial charge in [0.1, 0.15) is 0 Å². The second kappa shape index (κ2) is 9.15. The zero-order chi connectivity index (χ0) is 19.0. The van der Waals surface area contributed by atoms with Crippen LogP contribution in [0.25, 0.3) is 0 Å². The molecule has 26 heavy (non-hydrogen) atoms. The first kappa shape index (κ1) is 19.7. The number of aliphatic carboxylic acids is 1. The number of nitrogens with zero attached hydrogens (tertiary/aromatic N) is 2. The number of ether oxygens (including phenoxy) is 2. The van der Waals surface area contributed by atoms with Crippen LogP contribution in [0.3, 0.4) is 0 Å². The van der Waals surface area contributed by atoms with E-state index in [2.05, 4.69) is 9.79 Å². The van der Waals surface area contributed by atoms with Gasteiger partial charge in [-0.25, -0.2) is 8.42 Å². The van der Waals surface area contributed by atoms with E-state index < -0.39 is 26.7 Å². The van der Waals surface area contributed by atoms with E-state index in [9.17, 15) is 18.4 Å². The van der Waals surface area contributed by atoms with Crippen molar-refractivity contribution in [3.8, 4) is 5.88 Å². The molecule has 0 fully saturated rings. The van der Waals surface area contributed by atoms with Gasteiger partial charge < -0.3 is 19.8 Å². The minimum atomic E-state index is -4.14. The van der Waals surface area contributed by atoms with E-state index in [0.717, 1.165) is 0 Å². The first-order valence-corrected chi connectivity index (χ1v) is 9.23. The zero-order valence-corrected chi connectivity index (χ0v) is 14.6. The van der Waals surface area contributed by atoms with Crippen LogP contribution >= 0.6 is 0 Å². The summed E-state index contributed by atoms with van der Waals surface area (Å²) in [6, 6.07) is 7.38. The second-order valence-corrected chi connectivity index (χ2v) is 7.03. The molecule has 1 N–H and O–H groups in total. The number of benzene rings is 1. The Morgan fingerprint density at radius 3 is 2.58 bits per heavy atom. The molecule has 0 radical (unpaired) electrons. The van der Waals surface area contributed by atoms with Gasteiger partial charge >= 0.3 is 16.9 Å². The Kier molecular flexibility index (Phi) is 6.92. The molecule has 0 aliphatic heterocycles. The molecule has 142 valence electrons. The van der Waals surface area contributed by atoms with Crippen molar-refractivity contribution in [1.29, 1.82) is 0 Å². The molecule has 0 spiro atoms. The van der Waals surface area contributed by atoms with Crippen LogP contribution in [0.2, 0.25) is 0 Å². The Balaban J connectivity index is 1.89. The van der Waals surface area contributed by atoms with Crippen molar-refractivity contribution < 1.29 is 37.3 Å². The summed E-state index contributed by atoms with van der Waals surface area (Å²) in [6.45, 7) is 0.628. The quantitative estimate of drug-likeness (QED) is 0.438. The van der Waals surface area contributed by atoms with Gasteiger partial charge in [0, 0.05) is 26.1 Å². The average Bonchev–Trinajstić information content (AvgIpc) is 2.99. The van der Waals surface area contributed by atoms with Gasteiger partial charge in [-0.3, -0.25) is 9.42 Å². The van der Waals surface area contributed by atoms with Crippen molar-refractivity contribution in [3.05, 3.63) is 35.5 Å². The summed E-state index contributed by atoms with van der Waals surface area (Å²) in [5.41, 5.74) is 0. The molecule has 0 unspecified atom stereocenters. The Bertz CT molecular complexity index is 819. The molecular formula is C15H18N2O8S. The van der Waals surface area contributed by atoms with Crippen LogP contribution in [0.15, 0.2) is 44.9 Å². The molecule has 0 amide bonds. The third-order valence-electron chi connectivity index (χ3n) is 3.21. The normalized spacial score (nSPS) is 11.4. The van der Waals surface area contributed by atoms with Gasteiger partial charge in [-0.1, -0.05) is 18.2 Å². The fourth-order valence-corrected chi connectivity index (χ4v) is 3.29. The number of carbonyl (C=O) groups is 1. The van der Waals surface area contributed by atoms with Crippen LogP contribution in [0, 0.1) is 5.21 Å². The number of rotatable bonds is 11. The summed E-state index contributed by atoms with van der Waals surface area (Å²) in [5, 5.41) is 22.8. The third kappa shape index (κ3) is 5.17. The number of sulfone groups is 1. The molecule has 0 aliphatic carbocycles. The van der Waals surface area contributed by atoms with Crippen LogP contribution in [0.5, 0.6) is 5.88 Å². The van der Waals surface area contributed by atoms with E-state index in [0.29, 0.717) is 19.4 Å². The number of carboxylic acids is 1. The van der Waals surface area contributed by atoms with E-state index in [4.69, 9.17) is 14.6 Å². The lowest BCUT2D eigenvalue weighted by Crippen LogP contribution is -2.31. The van der Waals surface area contributed by atoms with Crippen LogP contribution in [-0.2, 0) is 19.4 Å². The molecule has 2 rings (SSSR count). The lowest BCUT2D eigenvalue weighted by atomic mass is 10.3. The van der Waals surface area contributed by atoms with Gasteiger partial charge in [0.15, 0.2) is 0 Å². The Labute approximate surface area is 149 Å². The SMILES string of the molecule is O=C(O)CCCOCCCOc1no[n+]([O-])c1S(=O)(=O)c1ccccc1. The van der Waals surface area contributed by atoms with Gasteiger partial charge in [-0.15, -0.1) is 0 Å². The summed E-state index contributed by atoms with van der Waals surface area (Å²) < 4.78 is 39.9.